The van der Waals surface area contributed by atoms with Crippen LogP contribution in [-0.4, -0.2) is 65.7 Å². The average Bonchev–Trinajstić information content (AvgIpc) is 3.12. The minimum Gasteiger partial charge on any atom is -0.444 e. The first-order valence-electron chi connectivity index (χ1n) is 11.6. The third-order valence-electron chi connectivity index (χ3n) is 6.18. The molecule has 0 N–H and O–H groups in total. The number of likely N-dealkylation sites (tertiary alicyclic amines) is 1. The van der Waals surface area contributed by atoms with Gasteiger partial charge in [-0.1, -0.05) is 0 Å². The summed E-state index contributed by atoms with van der Waals surface area (Å²) in [4.78, 5) is 31.9. The topological polar surface area (TPSA) is 76.9 Å². The lowest BCUT2D eigenvalue weighted by Gasteiger charge is -2.39. The Morgan fingerprint density at radius 1 is 1.22 bits per heavy atom. The predicted molar refractivity (Wildman–Crippen MR) is 124 cm³/mol. The van der Waals surface area contributed by atoms with E-state index in [-0.39, 0.29) is 24.1 Å². The average molecular weight is 441 g/mol. The van der Waals surface area contributed by atoms with Crippen molar-refractivity contribution in [2.45, 2.75) is 71.6 Å². The number of anilines is 1. The summed E-state index contributed by atoms with van der Waals surface area (Å²) in [5, 5.41) is 9.00. The van der Waals surface area contributed by atoms with E-state index in [9.17, 15) is 9.59 Å². The van der Waals surface area contributed by atoms with Crippen LogP contribution in [0.2, 0.25) is 0 Å². The number of nitrogens with zero attached hydrogens (tertiary/aromatic N) is 4. The van der Waals surface area contributed by atoms with Gasteiger partial charge in [-0.3, -0.25) is 9.69 Å². The maximum absolute atomic E-state index is 13.2. The predicted octanol–water partition coefficient (Wildman–Crippen LogP) is 4.02. The highest BCUT2D eigenvalue weighted by Crippen LogP contribution is 2.29. The molecule has 2 aliphatic heterocycles. The van der Waals surface area contributed by atoms with Gasteiger partial charge in [0, 0.05) is 31.4 Å². The van der Waals surface area contributed by atoms with Crippen LogP contribution in [0.25, 0.3) is 0 Å². The SMILES string of the molecule is CC(C)N(CC1CCCN(C2CCN(c3ccc(C#N)cc3)C2=O)C1)C(=O)OC(C)(C)C. The largest absolute Gasteiger partial charge is 0.444 e. The molecule has 7 heteroatoms. The van der Waals surface area contributed by atoms with Gasteiger partial charge >= 0.3 is 6.09 Å². The Morgan fingerprint density at radius 2 is 1.91 bits per heavy atom. The molecule has 32 heavy (non-hydrogen) atoms. The zero-order valence-corrected chi connectivity index (χ0v) is 20.0. The van der Waals surface area contributed by atoms with Crippen LogP contribution in [-0.2, 0) is 9.53 Å². The van der Waals surface area contributed by atoms with Crippen molar-refractivity contribution in [3.05, 3.63) is 29.8 Å². The van der Waals surface area contributed by atoms with E-state index in [0.717, 1.165) is 38.0 Å². The van der Waals surface area contributed by atoms with E-state index in [4.69, 9.17) is 10.00 Å². The zero-order chi connectivity index (χ0) is 23.5. The Labute approximate surface area is 191 Å². The fraction of sp³-hybridized carbons (Fsp3) is 0.640. The molecule has 2 amide bonds. The summed E-state index contributed by atoms with van der Waals surface area (Å²) in [5.41, 5.74) is 0.921. The van der Waals surface area contributed by atoms with E-state index in [1.807, 2.05) is 56.6 Å². The number of carbonyl (C=O) groups is 2. The number of nitriles is 1. The first-order valence-corrected chi connectivity index (χ1v) is 11.6. The van der Waals surface area contributed by atoms with Crippen LogP contribution in [0.5, 0.6) is 0 Å². The molecule has 3 rings (SSSR count). The van der Waals surface area contributed by atoms with Gasteiger partial charge < -0.3 is 14.5 Å². The van der Waals surface area contributed by atoms with Crippen LogP contribution in [0.4, 0.5) is 10.5 Å². The minimum absolute atomic E-state index is 0.0558. The van der Waals surface area contributed by atoms with Crippen molar-refractivity contribution in [1.82, 2.24) is 9.80 Å². The van der Waals surface area contributed by atoms with Gasteiger partial charge in [0.05, 0.1) is 17.7 Å². The molecular formula is C25H36N4O3. The van der Waals surface area contributed by atoms with Crippen LogP contribution in [0.3, 0.4) is 0 Å². The Morgan fingerprint density at radius 3 is 2.50 bits per heavy atom. The molecule has 1 aromatic carbocycles. The van der Waals surface area contributed by atoms with Crippen molar-refractivity contribution in [3.63, 3.8) is 0 Å². The molecule has 2 fully saturated rings. The number of piperidine rings is 1. The van der Waals surface area contributed by atoms with Crippen molar-refractivity contribution in [2.24, 2.45) is 5.92 Å². The van der Waals surface area contributed by atoms with E-state index in [1.165, 1.54) is 0 Å². The molecule has 2 unspecified atom stereocenters. The molecule has 0 spiro atoms. The van der Waals surface area contributed by atoms with Crippen molar-refractivity contribution in [1.29, 1.82) is 5.26 Å². The molecule has 0 saturated carbocycles. The maximum Gasteiger partial charge on any atom is 0.410 e. The third kappa shape index (κ3) is 5.80. The maximum atomic E-state index is 13.2. The summed E-state index contributed by atoms with van der Waals surface area (Å²) in [5.74, 6) is 0.443. The molecule has 0 aliphatic carbocycles. The van der Waals surface area contributed by atoms with Gasteiger partial charge in [-0.25, -0.2) is 4.79 Å². The summed E-state index contributed by atoms with van der Waals surface area (Å²) >= 11 is 0. The number of benzene rings is 1. The number of carbonyl (C=O) groups excluding carboxylic acids is 2. The molecule has 7 nitrogen and oxygen atoms in total. The van der Waals surface area contributed by atoms with Crippen LogP contribution in [0.15, 0.2) is 24.3 Å². The highest BCUT2D eigenvalue weighted by Gasteiger charge is 2.39. The fourth-order valence-corrected chi connectivity index (χ4v) is 4.60. The van der Waals surface area contributed by atoms with Crippen molar-refractivity contribution >= 4 is 17.7 Å². The summed E-state index contributed by atoms with van der Waals surface area (Å²) in [6, 6.07) is 9.25. The Bertz CT molecular complexity index is 853. The Balaban J connectivity index is 1.63. The quantitative estimate of drug-likeness (QED) is 0.691. The van der Waals surface area contributed by atoms with Crippen LogP contribution >= 0.6 is 0 Å². The fourth-order valence-electron chi connectivity index (χ4n) is 4.60. The third-order valence-corrected chi connectivity index (χ3v) is 6.18. The van der Waals surface area contributed by atoms with E-state index < -0.39 is 5.60 Å². The van der Waals surface area contributed by atoms with E-state index >= 15 is 0 Å². The molecule has 2 atom stereocenters. The molecule has 0 radical (unpaired) electrons. The van der Waals surface area contributed by atoms with Gasteiger partial charge in [-0.15, -0.1) is 0 Å². The molecule has 2 heterocycles. The molecule has 2 saturated heterocycles. The van der Waals surface area contributed by atoms with E-state index in [2.05, 4.69) is 11.0 Å². The molecule has 0 aromatic heterocycles. The second-order valence-corrected chi connectivity index (χ2v) is 10.2. The minimum atomic E-state index is -0.520. The first kappa shape index (κ1) is 24.1. The van der Waals surface area contributed by atoms with Gasteiger partial charge in [0.2, 0.25) is 5.91 Å². The Hall–Kier alpha value is -2.59. The number of hydrogen-bond donors (Lipinski definition) is 0. The highest BCUT2D eigenvalue weighted by molar-refractivity contribution is 5.99. The second kappa shape index (κ2) is 9.91. The molecular weight excluding hydrogens is 404 g/mol. The monoisotopic (exact) mass is 440 g/mol. The van der Waals surface area contributed by atoms with E-state index in [1.54, 1.807) is 12.1 Å². The second-order valence-electron chi connectivity index (χ2n) is 10.2. The summed E-state index contributed by atoms with van der Waals surface area (Å²) < 4.78 is 5.62. The van der Waals surface area contributed by atoms with Crippen molar-refractivity contribution in [2.75, 3.05) is 31.1 Å². The smallest absolute Gasteiger partial charge is 0.410 e. The molecule has 2 aliphatic rings. The summed E-state index contributed by atoms with van der Waals surface area (Å²) in [6.45, 7) is 12.7. The molecule has 174 valence electrons. The number of amides is 2. The normalized spacial score (nSPS) is 22.2. The summed E-state index contributed by atoms with van der Waals surface area (Å²) in [6.07, 6.45) is 2.59. The lowest BCUT2D eigenvalue weighted by atomic mass is 9.95. The lowest BCUT2D eigenvalue weighted by molar-refractivity contribution is -0.122. The molecule has 0 bridgehead atoms. The van der Waals surface area contributed by atoms with Gasteiger partial charge in [0.15, 0.2) is 0 Å². The van der Waals surface area contributed by atoms with Gasteiger partial charge in [-0.2, -0.15) is 5.26 Å². The van der Waals surface area contributed by atoms with Crippen LogP contribution in [0.1, 0.15) is 59.4 Å². The lowest BCUT2D eigenvalue weighted by Crippen LogP contribution is -2.50. The van der Waals surface area contributed by atoms with Crippen LogP contribution < -0.4 is 4.90 Å². The molecule has 1 aromatic rings. The highest BCUT2D eigenvalue weighted by atomic mass is 16.6. The van der Waals surface area contributed by atoms with E-state index in [0.29, 0.717) is 24.6 Å². The standard InChI is InChI=1S/C25H36N4O3/c1-18(2)29(24(31)32-25(3,4)5)17-20-7-6-13-27(16-20)22-12-14-28(23(22)30)21-10-8-19(15-26)9-11-21/h8-11,18,20,22H,6-7,12-14,16-17H2,1-5H3. The van der Waals surface area contributed by atoms with Crippen LogP contribution in [0, 0.1) is 17.2 Å². The van der Waals surface area contributed by atoms with Crippen molar-refractivity contribution < 1.29 is 14.3 Å². The number of hydrogen-bond acceptors (Lipinski definition) is 5. The summed E-state index contributed by atoms with van der Waals surface area (Å²) in [7, 11) is 0. The Kier molecular flexibility index (Phi) is 7.45. The van der Waals surface area contributed by atoms with Gasteiger partial charge in [0.25, 0.3) is 0 Å². The first-order chi connectivity index (χ1) is 15.1. The number of ether oxygens (including phenoxy) is 1. The van der Waals surface area contributed by atoms with Gasteiger partial charge in [-0.05, 0) is 90.6 Å². The van der Waals surface area contributed by atoms with Gasteiger partial charge in [0.1, 0.15) is 5.60 Å². The number of rotatable bonds is 5. The zero-order valence-electron chi connectivity index (χ0n) is 20.0. The van der Waals surface area contributed by atoms with Crippen molar-refractivity contribution in [3.8, 4) is 6.07 Å².